The van der Waals surface area contributed by atoms with E-state index >= 15 is 0 Å². The molecule has 80 valence electrons. The first kappa shape index (κ1) is 11.2. The second-order valence-corrected chi connectivity index (χ2v) is 3.81. The van der Waals surface area contributed by atoms with Crippen molar-refractivity contribution in [2.45, 2.75) is 38.4 Å². The molecular formula is C11H18O3. The Labute approximate surface area is 85.1 Å². The first-order valence-electron chi connectivity index (χ1n) is 5.00. The summed E-state index contributed by atoms with van der Waals surface area (Å²) >= 11 is 0. The molecule has 0 amide bonds. The van der Waals surface area contributed by atoms with E-state index < -0.39 is 0 Å². The molecule has 0 radical (unpaired) electrons. The van der Waals surface area contributed by atoms with Gasteiger partial charge in [-0.1, -0.05) is 13.0 Å². The molecule has 0 spiro atoms. The van der Waals surface area contributed by atoms with E-state index in [1.165, 1.54) is 7.11 Å². The van der Waals surface area contributed by atoms with Gasteiger partial charge in [-0.25, -0.2) is 0 Å². The molecule has 0 saturated carbocycles. The van der Waals surface area contributed by atoms with Crippen LogP contribution in [0.15, 0.2) is 12.7 Å². The molecule has 0 aromatic heterocycles. The van der Waals surface area contributed by atoms with Gasteiger partial charge in [-0.05, 0) is 18.8 Å². The Morgan fingerprint density at radius 3 is 3.00 bits per heavy atom. The number of rotatable bonds is 4. The Morgan fingerprint density at radius 1 is 1.71 bits per heavy atom. The average molecular weight is 198 g/mol. The highest BCUT2D eigenvalue weighted by Gasteiger charge is 2.32. The summed E-state index contributed by atoms with van der Waals surface area (Å²) in [5, 5.41) is 0. The van der Waals surface area contributed by atoms with E-state index in [0.717, 1.165) is 12.8 Å². The van der Waals surface area contributed by atoms with Crippen molar-refractivity contribution in [3.63, 3.8) is 0 Å². The van der Waals surface area contributed by atoms with Crippen molar-refractivity contribution in [1.29, 1.82) is 0 Å². The molecule has 14 heavy (non-hydrogen) atoms. The highest BCUT2D eigenvalue weighted by molar-refractivity contribution is 5.69. The molecule has 3 nitrogen and oxygen atoms in total. The Morgan fingerprint density at radius 2 is 2.43 bits per heavy atom. The standard InChI is InChI=1S/C11H18O3/c1-4-5-10-8(2)6-9(14-10)7-11(12)13-3/h4,8-10H,1,5-7H2,2-3H3/t8-,9-,10-/m0/s1. The maximum absolute atomic E-state index is 11.0. The zero-order valence-corrected chi connectivity index (χ0v) is 8.86. The summed E-state index contributed by atoms with van der Waals surface area (Å²) in [5.74, 6) is 0.309. The maximum atomic E-state index is 11.0. The van der Waals surface area contributed by atoms with E-state index in [1.54, 1.807) is 0 Å². The van der Waals surface area contributed by atoms with E-state index in [2.05, 4.69) is 18.2 Å². The number of methoxy groups -OCH3 is 1. The van der Waals surface area contributed by atoms with E-state index in [-0.39, 0.29) is 18.2 Å². The number of hydrogen-bond acceptors (Lipinski definition) is 3. The molecule has 3 atom stereocenters. The van der Waals surface area contributed by atoms with Crippen molar-refractivity contribution in [3.8, 4) is 0 Å². The predicted octanol–water partition coefficient (Wildman–Crippen LogP) is 1.92. The fourth-order valence-electron chi connectivity index (χ4n) is 1.86. The Kier molecular flexibility index (Phi) is 4.14. The third kappa shape index (κ3) is 2.84. The summed E-state index contributed by atoms with van der Waals surface area (Å²) < 4.78 is 10.3. The van der Waals surface area contributed by atoms with Crippen LogP contribution in [0.3, 0.4) is 0 Å². The average Bonchev–Trinajstić information content (AvgIpc) is 2.47. The van der Waals surface area contributed by atoms with Gasteiger partial charge in [0.05, 0.1) is 25.7 Å². The molecule has 1 saturated heterocycles. The Balaban J connectivity index is 2.38. The summed E-state index contributed by atoms with van der Waals surface area (Å²) in [6.45, 7) is 5.83. The summed E-state index contributed by atoms with van der Waals surface area (Å²) in [6, 6.07) is 0. The minimum absolute atomic E-state index is 0.0300. The lowest BCUT2D eigenvalue weighted by Gasteiger charge is -2.12. The van der Waals surface area contributed by atoms with Crippen LogP contribution in [0.4, 0.5) is 0 Å². The summed E-state index contributed by atoms with van der Waals surface area (Å²) in [6.07, 6.45) is 4.28. The van der Waals surface area contributed by atoms with E-state index in [1.807, 2.05) is 6.08 Å². The van der Waals surface area contributed by atoms with Gasteiger partial charge >= 0.3 is 5.97 Å². The van der Waals surface area contributed by atoms with Gasteiger partial charge in [0.1, 0.15) is 0 Å². The Hall–Kier alpha value is -0.830. The zero-order valence-electron chi connectivity index (χ0n) is 8.86. The van der Waals surface area contributed by atoms with Crippen LogP contribution in [0, 0.1) is 5.92 Å². The first-order valence-corrected chi connectivity index (χ1v) is 5.00. The third-order valence-electron chi connectivity index (χ3n) is 2.66. The van der Waals surface area contributed by atoms with Gasteiger partial charge in [0.15, 0.2) is 0 Å². The second-order valence-electron chi connectivity index (χ2n) is 3.81. The molecule has 0 aromatic carbocycles. The van der Waals surface area contributed by atoms with Crippen LogP contribution in [-0.4, -0.2) is 25.3 Å². The van der Waals surface area contributed by atoms with E-state index in [9.17, 15) is 4.79 Å². The number of esters is 1. The minimum Gasteiger partial charge on any atom is -0.469 e. The van der Waals surface area contributed by atoms with Gasteiger partial charge in [-0.3, -0.25) is 4.79 Å². The molecule has 1 heterocycles. The highest BCUT2D eigenvalue weighted by atomic mass is 16.5. The van der Waals surface area contributed by atoms with Crippen LogP contribution in [0.2, 0.25) is 0 Å². The summed E-state index contributed by atoms with van der Waals surface area (Å²) in [7, 11) is 1.40. The van der Waals surface area contributed by atoms with Crippen LogP contribution >= 0.6 is 0 Å². The number of carbonyl (C=O) groups excluding carboxylic acids is 1. The van der Waals surface area contributed by atoms with Gasteiger partial charge in [0.2, 0.25) is 0 Å². The quantitative estimate of drug-likeness (QED) is 0.511. The van der Waals surface area contributed by atoms with Crippen LogP contribution in [0.5, 0.6) is 0 Å². The topological polar surface area (TPSA) is 35.5 Å². The van der Waals surface area contributed by atoms with Gasteiger partial charge < -0.3 is 9.47 Å². The van der Waals surface area contributed by atoms with Crippen molar-refractivity contribution in [1.82, 2.24) is 0 Å². The number of hydrogen-bond donors (Lipinski definition) is 0. The zero-order chi connectivity index (χ0) is 10.6. The smallest absolute Gasteiger partial charge is 0.308 e. The fraction of sp³-hybridized carbons (Fsp3) is 0.727. The van der Waals surface area contributed by atoms with Gasteiger partial charge in [-0.2, -0.15) is 0 Å². The molecule has 1 rings (SSSR count). The molecule has 1 aliphatic heterocycles. The lowest BCUT2D eigenvalue weighted by atomic mass is 9.99. The molecular weight excluding hydrogens is 180 g/mol. The Bertz CT molecular complexity index is 213. The van der Waals surface area contributed by atoms with E-state index in [4.69, 9.17) is 4.74 Å². The van der Waals surface area contributed by atoms with Crippen LogP contribution < -0.4 is 0 Å². The first-order chi connectivity index (χ1) is 6.67. The van der Waals surface area contributed by atoms with E-state index in [0.29, 0.717) is 12.3 Å². The van der Waals surface area contributed by atoms with Crippen molar-refractivity contribution in [2.75, 3.05) is 7.11 Å². The van der Waals surface area contributed by atoms with Crippen molar-refractivity contribution in [2.24, 2.45) is 5.92 Å². The monoisotopic (exact) mass is 198 g/mol. The molecule has 0 aromatic rings. The van der Waals surface area contributed by atoms with Crippen molar-refractivity contribution < 1.29 is 14.3 Å². The lowest BCUT2D eigenvalue weighted by molar-refractivity contribution is -0.143. The van der Waals surface area contributed by atoms with Crippen LogP contribution in [-0.2, 0) is 14.3 Å². The van der Waals surface area contributed by atoms with Gasteiger partial charge in [-0.15, -0.1) is 6.58 Å². The SMILES string of the molecule is C=CC[C@@H]1O[C@H](CC(=O)OC)C[C@@H]1C. The molecule has 1 aliphatic rings. The molecule has 0 N–H and O–H groups in total. The highest BCUT2D eigenvalue weighted by Crippen LogP contribution is 2.30. The van der Waals surface area contributed by atoms with Crippen LogP contribution in [0.25, 0.3) is 0 Å². The molecule has 3 heteroatoms. The maximum Gasteiger partial charge on any atom is 0.308 e. The third-order valence-corrected chi connectivity index (χ3v) is 2.66. The van der Waals surface area contributed by atoms with Crippen molar-refractivity contribution in [3.05, 3.63) is 12.7 Å². The van der Waals surface area contributed by atoms with Gasteiger partial charge in [0, 0.05) is 0 Å². The second kappa shape index (κ2) is 5.15. The fourth-order valence-corrected chi connectivity index (χ4v) is 1.86. The number of ether oxygens (including phenoxy) is 2. The molecule has 0 bridgehead atoms. The molecule has 0 unspecified atom stereocenters. The summed E-state index contributed by atoms with van der Waals surface area (Å²) in [5.41, 5.74) is 0. The normalized spacial score (nSPS) is 31.4. The predicted molar refractivity (Wildman–Crippen MR) is 53.9 cm³/mol. The summed E-state index contributed by atoms with van der Waals surface area (Å²) in [4.78, 5) is 11.0. The van der Waals surface area contributed by atoms with Gasteiger partial charge in [0.25, 0.3) is 0 Å². The van der Waals surface area contributed by atoms with Crippen molar-refractivity contribution >= 4 is 5.97 Å². The lowest BCUT2D eigenvalue weighted by Crippen LogP contribution is -2.16. The largest absolute Gasteiger partial charge is 0.469 e. The minimum atomic E-state index is -0.193. The molecule has 1 fully saturated rings. The number of carbonyl (C=O) groups is 1. The van der Waals surface area contributed by atoms with Crippen LogP contribution in [0.1, 0.15) is 26.2 Å². The molecule has 0 aliphatic carbocycles.